The van der Waals surface area contributed by atoms with Gasteiger partial charge in [0.1, 0.15) is 5.75 Å². The van der Waals surface area contributed by atoms with E-state index in [2.05, 4.69) is 24.4 Å². The molecule has 1 rings (SSSR count). The van der Waals surface area contributed by atoms with Gasteiger partial charge in [-0.3, -0.25) is 0 Å². The Morgan fingerprint density at radius 3 is 2.67 bits per heavy atom. The van der Waals surface area contributed by atoms with Crippen LogP contribution in [0.25, 0.3) is 0 Å². The van der Waals surface area contributed by atoms with E-state index in [0.29, 0.717) is 13.0 Å². The lowest BCUT2D eigenvalue weighted by molar-refractivity contribution is 0.199. The van der Waals surface area contributed by atoms with Gasteiger partial charge in [-0.25, -0.2) is 0 Å². The van der Waals surface area contributed by atoms with Gasteiger partial charge < -0.3 is 20.3 Å². The highest BCUT2D eigenvalue weighted by molar-refractivity contribution is 5.37. The molecule has 0 spiro atoms. The molecule has 0 radical (unpaired) electrons. The highest BCUT2D eigenvalue weighted by Gasteiger charge is 2.09. The first-order chi connectivity index (χ1) is 8.74. The molecule has 3 N–H and O–H groups in total. The molecule has 0 saturated heterocycles. The first kappa shape index (κ1) is 15.0. The lowest BCUT2D eigenvalue weighted by Gasteiger charge is -2.17. The summed E-state index contributed by atoms with van der Waals surface area (Å²) in [6.45, 7) is 2.84. The Morgan fingerprint density at radius 1 is 1.33 bits per heavy atom. The van der Waals surface area contributed by atoms with Gasteiger partial charge in [-0.2, -0.15) is 0 Å². The summed E-state index contributed by atoms with van der Waals surface area (Å²) < 4.78 is 5.32. The van der Waals surface area contributed by atoms with Crippen molar-refractivity contribution in [3.8, 4) is 5.75 Å². The zero-order valence-corrected chi connectivity index (χ0v) is 11.1. The van der Waals surface area contributed by atoms with Crippen molar-refractivity contribution < 1.29 is 14.9 Å². The number of hydrogen-bond donors (Lipinski definition) is 3. The second kappa shape index (κ2) is 8.08. The molecule has 4 heteroatoms. The normalized spacial score (nSPS) is 12.4. The molecular formula is C14H23NO3. The van der Waals surface area contributed by atoms with Gasteiger partial charge in [-0.05, 0) is 24.5 Å². The third-order valence-electron chi connectivity index (χ3n) is 3.03. The number of benzene rings is 1. The molecule has 4 nitrogen and oxygen atoms in total. The minimum atomic E-state index is -0.0787. The van der Waals surface area contributed by atoms with Crippen LogP contribution in [0.5, 0.6) is 5.75 Å². The molecule has 0 bridgehead atoms. The van der Waals surface area contributed by atoms with Crippen molar-refractivity contribution in [3.63, 3.8) is 0 Å². The molecule has 1 aromatic carbocycles. The summed E-state index contributed by atoms with van der Waals surface area (Å²) in [6.07, 6.45) is 1.53. The van der Waals surface area contributed by atoms with Crippen LogP contribution in [0, 0.1) is 0 Å². The van der Waals surface area contributed by atoms with Crippen LogP contribution < -0.4 is 10.1 Å². The maximum absolute atomic E-state index is 9.16. The Bertz CT molecular complexity index is 355. The fourth-order valence-electron chi connectivity index (χ4n) is 1.86. The quantitative estimate of drug-likeness (QED) is 0.649. The zero-order chi connectivity index (χ0) is 13.4. The Kier molecular flexibility index (Phi) is 6.72. The van der Waals surface area contributed by atoms with E-state index in [0.717, 1.165) is 17.7 Å². The number of ether oxygens (including phenoxy) is 1. The number of nitrogens with one attached hydrogen (secondary N) is 1. The van der Waals surface area contributed by atoms with Gasteiger partial charge in [0.2, 0.25) is 0 Å². The van der Waals surface area contributed by atoms with Gasteiger partial charge in [-0.1, -0.05) is 19.1 Å². The van der Waals surface area contributed by atoms with E-state index in [1.165, 1.54) is 5.56 Å². The van der Waals surface area contributed by atoms with Crippen molar-refractivity contribution in [3.05, 3.63) is 29.3 Å². The molecule has 0 aromatic heterocycles. The first-order valence-electron chi connectivity index (χ1n) is 6.36. The molecule has 0 aliphatic heterocycles. The average Bonchev–Trinajstić information content (AvgIpc) is 2.43. The molecule has 0 fully saturated rings. The van der Waals surface area contributed by atoms with E-state index in [9.17, 15) is 0 Å². The van der Waals surface area contributed by atoms with Crippen LogP contribution in [0.4, 0.5) is 0 Å². The Balaban J connectivity index is 2.69. The van der Waals surface area contributed by atoms with Crippen LogP contribution in [0.3, 0.4) is 0 Å². The number of aliphatic hydroxyl groups excluding tert-OH is 2. The van der Waals surface area contributed by atoms with E-state index >= 15 is 0 Å². The fraction of sp³-hybridized carbons (Fsp3) is 0.571. The highest BCUT2D eigenvalue weighted by atomic mass is 16.5. The van der Waals surface area contributed by atoms with Crippen molar-refractivity contribution >= 4 is 0 Å². The van der Waals surface area contributed by atoms with Gasteiger partial charge in [0.05, 0.1) is 13.7 Å². The second-order valence-corrected chi connectivity index (χ2v) is 4.27. The molecular weight excluding hydrogens is 230 g/mol. The summed E-state index contributed by atoms with van der Waals surface area (Å²) in [6, 6.07) is 6.05. The fourth-order valence-corrected chi connectivity index (χ4v) is 1.86. The maximum Gasteiger partial charge on any atom is 0.123 e. The van der Waals surface area contributed by atoms with Gasteiger partial charge in [0, 0.05) is 24.8 Å². The molecule has 0 aliphatic rings. The van der Waals surface area contributed by atoms with Crippen LogP contribution >= 0.6 is 0 Å². The van der Waals surface area contributed by atoms with E-state index in [1.807, 2.05) is 6.07 Å². The third kappa shape index (κ3) is 4.29. The summed E-state index contributed by atoms with van der Waals surface area (Å²) >= 11 is 0. The van der Waals surface area contributed by atoms with Crippen LogP contribution in [0.15, 0.2) is 18.2 Å². The van der Waals surface area contributed by atoms with Crippen molar-refractivity contribution in [2.75, 3.05) is 20.3 Å². The molecule has 102 valence electrons. The molecule has 0 amide bonds. The van der Waals surface area contributed by atoms with Gasteiger partial charge in [0.25, 0.3) is 0 Å². The lowest BCUT2D eigenvalue weighted by Crippen LogP contribution is -2.33. The molecule has 0 heterocycles. The summed E-state index contributed by atoms with van der Waals surface area (Å²) in [5, 5.41) is 21.3. The Morgan fingerprint density at radius 2 is 2.11 bits per heavy atom. The number of aryl methyl sites for hydroxylation is 1. The zero-order valence-electron chi connectivity index (χ0n) is 11.1. The standard InChI is InChI=1S/C14H23NO3/c1-3-11-4-5-14(18-2)12(8-11)9-15-13(10-17)6-7-16/h4-5,8,13,15-17H,3,6-7,9-10H2,1-2H3. The summed E-state index contributed by atoms with van der Waals surface area (Å²) in [5.74, 6) is 0.848. The minimum Gasteiger partial charge on any atom is -0.496 e. The number of hydrogen-bond acceptors (Lipinski definition) is 4. The van der Waals surface area contributed by atoms with Crippen LogP contribution in [-0.2, 0) is 13.0 Å². The number of aliphatic hydroxyl groups is 2. The molecule has 18 heavy (non-hydrogen) atoms. The maximum atomic E-state index is 9.16. The predicted octanol–water partition coefficient (Wildman–Crippen LogP) is 1.09. The van der Waals surface area contributed by atoms with E-state index in [-0.39, 0.29) is 19.3 Å². The van der Waals surface area contributed by atoms with E-state index in [1.54, 1.807) is 7.11 Å². The van der Waals surface area contributed by atoms with Crippen molar-refractivity contribution in [1.82, 2.24) is 5.32 Å². The largest absolute Gasteiger partial charge is 0.496 e. The van der Waals surface area contributed by atoms with Crippen molar-refractivity contribution in [2.45, 2.75) is 32.4 Å². The van der Waals surface area contributed by atoms with E-state index < -0.39 is 0 Å². The van der Waals surface area contributed by atoms with Gasteiger partial charge >= 0.3 is 0 Å². The monoisotopic (exact) mass is 253 g/mol. The predicted molar refractivity (Wildman–Crippen MR) is 71.8 cm³/mol. The van der Waals surface area contributed by atoms with Crippen molar-refractivity contribution in [2.24, 2.45) is 0 Å². The topological polar surface area (TPSA) is 61.7 Å². The molecule has 0 saturated carbocycles. The lowest BCUT2D eigenvalue weighted by atomic mass is 10.1. The van der Waals surface area contributed by atoms with Gasteiger partial charge in [0.15, 0.2) is 0 Å². The smallest absolute Gasteiger partial charge is 0.123 e. The van der Waals surface area contributed by atoms with E-state index in [4.69, 9.17) is 14.9 Å². The Hall–Kier alpha value is -1.10. The number of rotatable bonds is 8. The molecule has 0 aliphatic carbocycles. The molecule has 1 unspecified atom stereocenters. The average molecular weight is 253 g/mol. The first-order valence-corrected chi connectivity index (χ1v) is 6.36. The van der Waals surface area contributed by atoms with Crippen molar-refractivity contribution in [1.29, 1.82) is 0 Å². The SMILES string of the molecule is CCc1ccc(OC)c(CNC(CO)CCO)c1. The highest BCUT2D eigenvalue weighted by Crippen LogP contribution is 2.20. The minimum absolute atomic E-state index is 0.0242. The van der Waals surface area contributed by atoms with Crippen LogP contribution in [0.1, 0.15) is 24.5 Å². The summed E-state index contributed by atoms with van der Waals surface area (Å²) in [5.41, 5.74) is 2.34. The third-order valence-corrected chi connectivity index (χ3v) is 3.03. The molecule has 1 aromatic rings. The van der Waals surface area contributed by atoms with Gasteiger partial charge in [-0.15, -0.1) is 0 Å². The van der Waals surface area contributed by atoms with Crippen LogP contribution in [0.2, 0.25) is 0 Å². The second-order valence-electron chi connectivity index (χ2n) is 4.27. The summed E-state index contributed by atoms with van der Waals surface area (Å²) in [4.78, 5) is 0. The molecule has 1 atom stereocenters. The Labute approximate surface area is 109 Å². The summed E-state index contributed by atoms with van der Waals surface area (Å²) in [7, 11) is 1.65. The number of methoxy groups -OCH3 is 1. The van der Waals surface area contributed by atoms with Crippen LogP contribution in [-0.4, -0.2) is 36.6 Å².